The van der Waals surface area contributed by atoms with Gasteiger partial charge in [0.2, 0.25) is 5.91 Å². The van der Waals surface area contributed by atoms with Crippen LogP contribution in [0.15, 0.2) is 60.7 Å². The SMILES string of the molecule is Cc1ccc(-n2nc(CC(=O)N[C@H](C)c3ccccc3)c(C)c2-c2ccc(C)s2)c(C)c1. The van der Waals surface area contributed by atoms with E-state index in [0.717, 1.165) is 38.6 Å². The van der Waals surface area contributed by atoms with Crippen LogP contribution >= 0.6 is 11.3 Å². The topological polar surface area (TPSA) is 46.9 Å². The van der Waals surface area contributed by atoms with Gasteiger partial charge < -0.3 is 5.32 Å². The first-order valence-electron chi connectivity index (χ1n) is 10.9. The molecule has 0 aliphatic carbocycles. The van der Waals surface area contributed by atoms with E-state index < -0.39 is 0 Å². The van der Waals surface area contributed by atoms with Crippen molar-refractivity contribution in [3.8, 4) is 16.3 Å². The van der Waals surface area contributed by atoms with Crippen LogP contribution in [0.3, 0.4) is 0 Å². The van der Waals surface area contributed by atoms with Crippen molar-refractivity contribution in [1.82, 2.24) is 15.1 Å². The molecule has 2 heterocycles. The van der Waals surface area contributed by atoms with Crippen LogP contribution in [0.5, 0.6) is 0 Å². The second kappa shape index (κ2) is 9.13. The van der Waals surface area contributed by atoms with Crippen molar-refractivity contribution >= 4 is 17.2 Å². The van der Waals surface area contributed by atoms with Crippen LogP contribution in [-0.4, -0.2) is 15.7 Å². The van der Waals surface area contributed by atoms with Gasteiger partial charge in [0.15, 0.2) is 0 Å². The van der Waals surface area contributed by atoms with Crippen LogP contribution in [-0.2, 0) is 11.2 Å². The summed E-state index contributed by atoms with van der Waals surface area (Å²) in [7, 11) is 0. The summed E-state index contributed by atoms with van der Waals surface area (Å²) in [6, 6.07) is 20.6. The molecule has 4 rings (SSSR count). The summed E-state index contributed by atoms with van der Waals surface area (Å²) < 4.78 is 2.01. The molecule has 0 bridgehead atoms. The molecule has 0 saturated carbocycles. The summed E-state index contributed by atoms with van der Waals surface area (Å²) in [6.07, 6.45) is 0.248. The molecule has 2 aromatic heterocycles. The van der Waals surface area contributed by atoms with Crippen LogP contribution in [0.4, 0.5) is 0 Å². The minimum Gasteiger partial charge on any atom is -0.349 e. The smallest absolute Gasteiger partial charge is 0.226 e. The molecule has 0 unspecified atom stereocenters. The lowest BCUT2D eigenvalue weighted by molar-refractivity contribution is -0.121. The van der Waals surface area contributed by atoms with Crippen LogP contribution in [0.1, 0.15) is 45.8 Å². The minimum atomic E-state index is -0.0511. The zero-order valence-corrected chi connectivity index (χ0v) is 20.1. The van der Waals surface area contributed by atoms with Crippen LogP contribution < -0.4 is 5.32 Å². The molecule has 164 valence electrons. The van der Waals surface area contributed by atoms with Crippen molar-refractivity contribution in [1.29, 1.82) is 0 Å². The van der Waals surface area contributed by atoms with E-state index in [1.807, 2.05) is 41.9 Å². The first kappa shape index (κ1) is 22.0. The molecule has 1 amide bonds. The third kappa shape index (κ3) is 4.53. The highest BCUT2D eigenvalue weighted by Gasteiger charge is 2.22. The van der Waals surface area contributed by atoms with E-state index >= 15 is 0 Å². The maximum atomic E-state index is 12.9. The van der Waals surface area contributed by atoms with E-state index in [0.29, 0.717) is 0 Å². The maximum absolute atomic E-state index is 12.9. The largest absolute Gasteiger partial charge is 0.349 e. The molecule has 4 nitrogen and oxygen atoms in total. The van der Waals surface area contributed by atoms with Crippen molar-refractivity contribution < 1.29 is 4.79 Å². The van der Waals surface area contributed by atoms with Gasteiger partial charge >= 0.3 is 0 Å². The number of rotatable bonds is 6. The van der Waals surface area contributed by atoms with Gasteiger partial charge in [-0.05, 0) is 63.9 Å². The van der Waals surface area contributed by atoms with Gasteiger partial charge in [-0.2, -0.15) is 5.10 Å². The summed E-state index contributed by atoms with van der Waals surface area (Å²) in [5.41, 5.74) is 7.44. The molecule has 1 N–H and O–H groups in total. The highest BCUT2D eigenvalue weighted by Crippen LogP contribution is 2.34. The van der Waals surface area contributed by atoms with E-state index in [4.69, 9.17) is 5.10 Å². The average molecular weight is 444 g/mol. The molecule has 2 aromatic carbocycles. The lowest BCUT2D eigenvalue weighted by Crippen LogP contribution is -2.28. The first-order chi connectivity index (χ1) is 15.3. The van der Waals surface area contributed by atoms with E-state index in [-0.39, 0.29) is 18.4 Å². The summed E-state index contributed by atoms with van der Waals surface area (Å²) in [5.74, 6) is -0.0244. The Bertz CT molecular complexity index is 1250. The van der Waals surface area contributed by atoms with Gasteiger partial charge in [0.1, 0.15) is 0 Å². The Morgan fingerprint density at radius 1 is 1.03 bits per heavy atom. The fraction of sp³-hybridized carbons (Fsp3) is 0.259. The molecule has 0 saturated heterocycles. The summed E-state index contributed by atoms with van der Waals surface area (Å²) >= 11 is 1.75. The normalized spacial score (nSPS) is 12.0. The fourth-order valence-electron chi connectivity index (χ4n) is 4.05. The van der Waals surface area contributed by atoms with Crippen molar-refractivity contribution in [2.24, 2.45) is 0 Å². The molecule has 0 aliphatic heterocycles. The monoisotopic (exact) mass is 443 g/mol. The third-order valence-corrected chi connectivity index (χ3v) is 6.79. The van der Waals surface area contributed by atoms with Crippen LogP contribution in [0, 0.1) is 27.7 Å². The van der Waals surface area contributed by atoms with Gasteiger partial charge in [0, 0.05) is 10.4 Å². The molecule has 0 fully saturated rings. The second-order valence-electron chi connectivity index (χ2n) is 8.41. The number of nitrogens with zero attached hydrogens (tertiary/aromatic N) is 2. The molecule has 0 radical (unpaired) electrons. The Balaban J connectivity index is 1.69. The van der Waals surface area contributed by atoms with E-state index in [1.165, 1.54) is 10.4 Å². The number of thiophene rings is 1. The van der Waals surface area contributed by atoms with Crippen LogP contribution in [0.2, 0.25) is 0 Å². The molecule has 0 spiro atoms. The average Bonchev–Trinajstić information content (AvgIpc) is 3.31. The van der Waals surface area contributed by atoms with Gasteiger partial charge in [-0.3, -0.25) is 4.79 Å². The molecule has 5 heteroatoms. The number of nitrogens with one attached hydrogen (secondary N) is 1. The lowest BCUT2D eigenvalue weighted by Gasteiger charge is -2.14. The van der Waals surface area contributed by atoms with E-state index in [9.17, 15) is 4.79 Å². The summed E-state index contributed by atoms with van der Waals surface area (Å²) in [5, 5.41) is 8.06. The van der Waals surface area contributed by atoms with E-state index in [1.54, 1.807) is 11.3 Å². The van der Waals surface area contributed by atoms with E-state index in [2.05, 4.69) is 63.3 Å². The second-order valence-corrected chi connectivity index (χ2v) is 9.70. The Labute approximate surface area is 193 Å². The van der Waals surface area contributed by atoms with Gasteiger partial charge in [-0.25, -0.2) is 4.68 Å². The number of carbonyl (C=O) groups excluding carboxylic acids is 1. The standard InChI is InChI=1S/C27H29N3OS/c1-17-11-13-24(18(2)15-17)30-27(25-14-12-19(3)32-25)20(4)23(29-30)16-26(31)28-21(5)22-9-7-6-8-10-22/h6-15,21H,16H2,1-5H3,(H,28,31)/t21-/m1/s1. The minimum absolute atomic E-state index is 0.0244. The molecule has 0 aliphatic rings. The van der Waals surface area contributed by atoms with Gasteiger partial charge in [0.05, 0.1) is 34.4 Å². The highest BCUT2D eigenvalue weighted by atomic mass is 32.1. The number of aryl methyl sites for hydroxylation is 3. The van der Waals surface area contributed by atoms with Gasteiger partial charge in [0.25, 0.3) is 0 Å². The Hall–Kier alpha value is -3.18. The molecule has 1 atom stereocenters. The summed E-state index contributed by atoms with van der Waals surface area (Å²) in [6.45, 7) is 10.4. The third-order valence-electron chi connectivity index (χ3n) is 5.78. The number of benzene rings is 2. The lowest BCUT2D eigenvalue weighted by atomic mass is 10.1. The van der Waals surface area contributed by atoms with Crippen molar-refractivity contribution in [3.63, 3.8) is 0 Å². The van der Waals surface area contributed by atoms with Gasteiger partial charge in [-0.1, -0.05) is 48.0 Å². The molecule has 32 heavy (non-hydrogen) atoms. The Kier molecular flexibility index (Phi) is 6.28. The number of aromatic nitrogens is 2. The highest BCUT2D eigenvalue weighted by molar-refractivity contribution is 7.15. The zero-order valence-electron chi connectivity index (χ0n) is 19.3. The van der Waals surface area contributed by atoms with Crippen molar-refractivity contribution in [2.75, 3.05) is 0 Å². The number of amides is 1. The van der Waals surface area contributed by atoms with Crippen LogP contribution in [0.25, 0.3) is 16.3 Å². The number of hydrogen-bond acceptors (Lipinski definition) is 3. The first-order valence-corrected chi connectivity index (χ1v) is 11.7. The maximum Gasteiger partial charge on any atom is 0.226 e. The van der Waals surface area contributed by atoms with Gasteiger partial charge in [-0.15, -0.1) is 11.3 Å². The number of carbonyl (C=O) groups is 1. The zero-order chi connectivity index (χ0) is 22.8. The number of hydrogen-bond donors (Lipinski definition) is 1. The predicted molar refractivity (Wildman–Crippen MR) is 133 cm³/mol. The molecular formula is C27H29N3OS. The van der Waals surface area contributed by atoms with Crippen molar-refractivity contribution in [2.45, 2.75) is 47.1 Å². The quantitative estimate of drug-likeness (QED) is 0.383. The predicted octanol–water partition coefficient (Wildman–Crippen LogP) is 6.25. The fourth-order valence-corrected chi connectivity index (χ4v) is 5.00. The Morgan fingerprint density at radius 3 is 2.44 bits per heavy atom. The summed E-state index contributed by atoms with van der Waals surface area (Å²) in [4.78, 5) is 15.3. The molecule has 4 aromatic rings. The Morgan fingerprint density at radius 2 is 1.78 bits per heavy atom. The van der Waals surface area contributed by atoms with Crippen molar-refractivity contribution in [3.05, 3.63) is 93.5 Å². The molecular weight excluding hydrogens is 414 g/mol.